The summed E-state index contributed by atoms with van der Waals surface area (Å²) in [4.78, 5) is 12.3. The summed E-state index contributed by atoms with van der Waals surface area (Å²) in [7, 11) is 1.76. The van der Waals surface area contributed by atoms with Crippen LogP contribution in [0, 0.1) is 18.3 Å². The molecule has 2 rings (SSSR count). The highest BCUT2D eigenvalue weighted by Gasteiger charge is 2.12. The van der Waals surface area contributed by atoms with E-state index in [9.17, 15) is 4.79 Å². The highest BCUT2D eigenvalue weighted by molar-refractivity contribution is 6.34. The molecule has 21 heavy (non-hydrogen) atoms. The summed E-state index contributed by atoms with van der Waals surface area (Å²) < 4.78 is 0. The first-order valence-electron chi connectivity index (χ1n) is 6.34. The van der Waals surface area contributed by atoms with Crippen molar-refractivity contribution in [1.29, 1.82) is 5.26 Å². The summed E-state index contributed by atoms with van der Waals surface area (Å²) in [5.41, 5.74) is 3.26. The van der Waals surface area contributed by atoms with Crippen molar-refractivity contribution in [3.63, 3.8) is 0 Å². The molecule has 0 bridgehead atoms. The van der Waals surface area contributed by atoms with E-state index in [4.69, 9.17) is 16.9 Å². The lowest BCUT2D eigenvalue weighted by molar-refractivity contribution is 0.102. The number of aryl methyl sites for hydroxylation is 1. The first-order chi connectivity index (χ1) is 10.0. The van der Waals surface area contributed by atoms with Crippen LogP contribution in [0.1, 0.15) is 21.5 Å². The maximum atomic E-state index is 12.3. The monoisotopic (exact) mass is 299 g/mol. The average Bonchev–Trinajstić information content (AvgIpc) is 2.48. The fourth-order valence-corrected chi connectivity index (χ4v) is 2.17. The summed E-state index contributed by atoms with van der Waals surface area (Å²) in [5, 5.41) is 14.9. The molecule has 0 aromatic heterocycles. The van der Waals surface area contributed by atoms with Gasteiger partial charge in [0.25, 0.3) is 5.91 Å². The van der Waals surface area contributed by atoms with Crippen LogP contribution in [-0.2, 0) is 0 Å². The van der Waals surface area contributed by atoms with Crippen molar-refractivity contribution in [2.24, 2.45) is 0 Å². The fourth-order valence-electron chi connectivity index (χ4n) is 1.94. The number of amides is 1. The summed E-state index contributed by atoms with van der Waals surface area (Å²) in [6.07, 6.45) is 0. The first-order valence-corrected chi connectivity index (χ1v) is 6.72. The van der Waals surface area contributed by atoms with Crippen LogP contribution in [0.5, 0.6) is 0 Å². The van der Waals surface area contributed by atoms with Gasteiger partial charge in [0.1, 0.15) is 0 Å². The van der Waals surface area contributed by atoms with Crippen molar-refractivity contribution in [3.05, 3.63) is 58.1 Å². The summed E-state index contributed by atoms with van der Waals surface area (Å²) in [6, 6.07) is 12.3. The molecule has 0 saturated carbocycles. The molecule has 0 spiro atoms. The van der Waals surface area contributed by atoms with Crippen LogP contribution in [0.4, 0.5) is 11.4 Å². The Labute approximate surface area is 128 Å². The number of carbonyl (C=O) groups excluding carboxylic acids is 1. The number of carbonyl (C=O) groups is 1. The van der Waals surface area contributed by atoms with Gasteiger partial charge in [0.15, 0.2) is 0 Å². The van der Waals surface area contributed by atoms with Crippen molar-refractivity contribution >= 4 is 28.9 Å². The topological polar surface area (TPSA) is 64.9 Å². The number of nitriles is 1. The van der Waals surface area contributed by atoms with Crippen LogP contribution in [-0.4, -0.2) is 13.0 Å². The molecule has 1 amide bonds. The SMILES string of the molecule is CNc1cc(C)ccc1C(=O)Nc1ccc(C#N)cc1Cl. The molecular formula is C16H14ClN3O. The molecule has 0 saturated heterocycles. The van der Waals surface area contributed by atoms with Crippen molar-refractivity contribution in [2.45, 2.75) is 6.92 Å². The van der Waals surface area contributed by atoms with Gasteiger partial charge in [-0.1, -0.05) is 17.7 Å². The van der Waals surface area contributed by atoms with E-state index in [-0.39, 0.29) is 5.91 Å². The van der Waals surface area contributed by atoms with E-state index in [2.05, 4.69) is 10.6 Å². The van der Waals surface area contributed by atoms with Crippen molar-refractivity contribution in [3.8, 4) is 6.07 Å². The van der Waals surface area contributed by atoms with Crippen LogP contribution in [0.25, 0.3) is 0 Å². The zero-order chi connectivity index (χ0) is 15.4. The maximum absolute atomic E-state index is 12.3. The number of anilines is 2. The van der Waals surface area contributed by atoms with Gasteiger partial charge in [0, 0.05) is 12.7 Å². The predicted molar refractivity (Wildman–Crippen MR) is 84.8 cm³/mol. The van der Waals surface area contributed by atoms with Gasteiger partial charge in [-0.3, -0.25) is 4.79 Å². The molecule has 5 heteroatoms. The van der Waals surface area contributed by atoms with Gasteiger partial charge in [0.2, 0.25) is 0 Å². The van der Waals surface area contributed by atoms with E-state index in [1.165, 1.54) is 6.07 Å². The van der Waals surface area contributed by atoms with Gasteiger partial charge >= 0.3 is 0 Å². The summed E-state index contributed by atoms with van der Waals surface area (Å²) in [6.45, 7) is 1.96. The Bertz CT molecular complexity index is 735. The molecule has 2 aromatic carbocycles. The third-order valence-electron chi connectivity index (χ3n) is 3.04. The molecular weight excluding hydrogens is 286 g/mol. The second-order valence-electron chi connectivity index (χ2n) is 4.56. The number of hydrogen-bond acceptors (Lipinski definition) is 3. The number of hydrogen-bond donors (Lipinski definition) is 2. The van der Waals surface area contributed by atoms with Crippen molar-refractivity contribution in [1.82, 2.24) is 0 Å². The largest absolute Gasteiger partial charge is 0.387 e. The minimum absolute atomic E-state index is 0.258. The van der Waals surface area contributed by atoms with Gasteiger partial charge in [-0.15, -0.1) is 0 Å². The number of nitrogens with zero attached hydrogens (tertiary/aromatic N) is 1. The second-order valence-corrected chi connectivity index (χ2v) is 4.97. The van der Waals surface area contributed by atoms with Crippen LogP contribution in [0.2, 0.25) is 5.02 Å². The Kier molecular flexibility index (Phi) is 4.46. The molecule has 0 heterocycles. The van der Waals surface area contributed by atoms with E-state index in [0.29, 0.717) is 21.8 Å². The number of nitrogens with one attached hydrogen (secondary N) is 2. The molecule has 0 aliphatic rings. The van der Waals surface area contributed by atoms with Gasteiger partial charge in [-0.2, -0.15) is 5.26 Å². The average molecular weight is 300 g/mol. The van der Waals surface area contributed by atoms with Crippen LogP contribution < -0.4 is 10.6 Å². The van der Waals surface area contributed by atoms with Gasteiger partial charge in [-0.25, -0.2) is 0 Å². The van der Waals surface area contributed by atoms with E-state index in [1.807, 2.05) is 25.1 Å². The molecule has 106 valence electrons. The third-order valence-corrected chi connectivity index (χ3v) is 3.35. The minimum Gasteiger partial charge on any atom is -0.387 e. The Morgan fingerprint density at radius 1 is 1.19 bits per heavy atom. The van der Waals surface area contributed by atoms with Gasteiger partial charge in [-0.05, 0) is 42.8 Å². The Morgan fingerprint density at radius 2 is 1.95 bits per heavy atom. The van der Waals surface area contributed by atoms with Crippen LogP contribution in [0.15, 0.2) is 36.4 Å². The fraction of sp³-hybridized carbons (Fsp3) is 0.125. The Morgan fingerprint density at radius 3 is 2.57 bits per heavy atom. The smallest absolute Gasteiger partial charge is 0.257 e. The molecule has 0 radical (unpaired) electrons. The molecule has 0 fully saturated rings. The normalized spacial score (nSPS) is 9.81. The van der Waals surface area contributed by atoms with Crippen LogP contribution in [0.3, 0.4) is 0 Å². The highest BCUT2D eigenvalue weighted by atomic mass is 35.5. The quantitative estimate of drug-likeness (QED) is 0.905. The number of rotatable bonds is 3. The second kappa shape index (κ2) is 6.29. The molecule has 0 atom stereocenters. The van der Waals surface area contributed by atoms with Gasteiger partial charge in [0.05, 0.1) is 27.9 Å². The lowest BCUT2D eigenvalue weighted by atomic mass is 10.1. The van der Waals surface area contributed by atoms with E-state index in [1.54, 1.807) is 25.2 Å². The van der Waals surface area contributed by atoms with E-state index >= 15 is 0 Å². The molecule has 4 nitrogen and oxygen atoms in total. The number of benzene rings is 2. The zero-order valence-corrected chi connectivity index (χ0v) is 12.5. The maximum Gasteiger partial charge on any atom is 0.257 e. The Balaban J connectivity index is 2.28. The summed E-state index contributed by atoms with van der Waals surface area (Å²) >= 11 is 6.06. The predicted octanol–water partition coefficient (Wildman–Crippen LogP) is 3.81. The van der Waals surface area contributed by atoms with Crippen LogP contribution >= 0.6 is 11.6 Å². The van der Waals surface area contributed by atoms with Gasteiger partial charge < -0.3 is 10.6 Å². The molecule has 0 unspecified atom stereocenters. The first kappa shape index (κ1) is 14.9. The lowest BCUT2D eigenvalue weighted by Gasteiger charge is -2.11. The van der Waals surface area contributed by atoms with Crippen molar-refractivity contribution < 1.29 is 4.79 Å². The highest BCUT2D eigenvalue weighted by Crippen LogP contribution is 2.25. The number of halogens is 1. The minimum atomic E-state index is -0.258. The van der Waals surface area contributed by atoms with Crippen molar-refractivity contribution in [2.75, 3.05) is 17.7 Å². The lowest BCUT2D eigenvalue weighted by Crippen LogP contribution is -2.14. The third kappa shape index (κ3) is 3.33. The summed E-state index contributed by atoms with van der Waals surface area (Å²) in [5.74, 6) is -0.258. The van der Waals surface area contributed by atoms with E-state index in [0.717, 1.165) is 11.3 Å². The van der Waals surface area contributed by atoms with E-state index < -0.39 is 0 Å². The zero-order valence-electron chi connectivity index (χ0n) is 11.7. The molecule has 2 aromatic rings. The Hall–Kier alpha value is -2.51. The molecule has 0 aliphatic carbocycles. The molecule has 2 N–H and O–H groups in total. The standard InChI is InChI=1S/C16H14ClN3O/c1-10-3-5-12(15(7-10)19-2)16(21)20-14-6-4-11(9-18)8-13(14)17/h3-8,19H,1-2H3,(H,20,21). The molecule has 0 aliphatic heterocycles.